The van der Waals surface area contributed by atoms with Crippen LogP contribution in [0.1, 0.15) is 60.3 Å². The standard InChI is InChI=1S/C23H36O7/c1-11-6-14-21(5,15(25)7-16-23(14,29)10-30-16)19(27)18(26)17-12(2)13(24)9-22(28,8-11)20(17,3)4/h11,13-16,18,24-26,28-29H,6-10H2,1-5H3. The summed E-state index contributed by atoms with van der Waals surface area (Å²) in [6, 6.07) is 0. The van der Waals surface area contributed by atoms with Gasteiger partial charge in [-0.25, -0.2) is 0 Å². The number of ether oxygens (including phenoxy) is 1. The highest BCUT2D eigenvalue weighted by Gasteiger charge is 2.68. The van der Waals surface area contributed by atoms with Gasteiger partial charge in [-0.05, 0) is 43.8 Å². The third-order valence-corrected chi connectivity index (χ3v) is 9.20. The highest BCUT2D eigenvalue weighted by atomic mass is 16.6. The molecule has 4 aliphatic rings. The molecule has 2 saturated carbocycles. The minimum absolute atomic E-state index is 0.0935. The summed E-state index contributed by atoms with van der Waals surface area (Å²) in [5.41, 5.74) is -4.05. The van der Waals surface area contributed by atoms with E-state index in [-0.39, 0.29) is 25.4 Å². The summed E-state index contributed by atoms with van der Waals surface area (Å²) >= 11 is 0. The van der Waals surface area contributed by atoms with Crippen molar-refractivity contribution in [3.8, 4) is 0 Å². The molecule has 0 radical (unpaired) electrons. The van der Waals surface area contributed by atoms with Crippen LogP contribution in [0.5, 0.6) is 0 Å². The van der Waals surface area contributed by atoms with Gasteiger partial charge >= 0.3 is 0 Å². The summed E-state index contributed by atoms with van der Waals surface area (Å²) < 4.78 is 5.51. The molecule has 170 valence electrons. The Morgan fingerprint density at radius 1 is 1.03 bits per heavy atom. The number of Topliss-reactive ketones (excluding diaryl/α,β-unsaturated/α-hetero) is 1. The quantitative estimate of drug-likeness (QED) is 0.362. The molecule has 7 nitrogen and oxygen atoms in total. The van der Waals surface area contributed by atoms with E-state index in [0.717, 1.165) is 0 Å². The number of aliphatic hydroxyl groups excluding tert-OH is 3. The number of hydrogen-bond acceptors (Lipinski definition) is 7. The number of ketones is 1. The van der Waals surface area contributed by atoms with Gasteiger partial charge < -0.3 is 30.3 Å². The van der Waals surface area contributed by atoms with Crippen LogP contribution < -0.4 is 0 Å². The zero-order valence-corrected chi connectivity index (χ0v) is 18.6. The first kappa shape index (κ1) is 22.4. The predicted molar refractivity (Wildman–Crippen MR) is 108 cm³/mol. The summed E-state index contributed by atoms with van der Waals surface area (Å²) in [5.74, 6) is -1.27. The van der Waals surface area contributed by atoms with Crippen LogP contribution in [0, 0.1) is 22.7 Å². The molecular weight excluding hydrogens is 388 g/mol. The van der Waals surface area contributed by atoms with Gasteiger partial charge in [0, 0.05) is 24.2 Å². The second kappa shape index (κ2) is 6.59. The predicted octanol–water partition coefficient (Wildman–Crippen LogP) is 0.702. The molecule has 3 fully saturated rings. The van der Waals surface area contributed by atoms with Crippen LogP contribution in [0.15, 0.2) is 11.1 Å². The average Bonchev–Trinajstić information content (AvgIpc) is 2.64. The first-order valence-electron chi connectivity index (χ1n) is 11.1. The van der Waals surface area contributed by atoms with Gasteiger partial charge in [-0.1, -0.05) is 20.8 Å². The van der Waals surface area contributed by atoms with Crippen molar-refractivity contribution in [1.82, 2.24) is 0 Å². The number of rotatable bonds is 0. The highest BCUT2D eigenvalue weighted by Crippen LogP contribution is 2.59. The number of fused-ring (bicyclic) bond motifs is 5. The molecule has 3 aliphatic carbocycles. The normalized spacial score (nSPS) is 53.5. The third kappa shape index (κ3) is 2.63. The molecular formula is C23H36O7. The Morgan fingerprint density at radius 3 is 2.23 bits per heavy atom. The zero-order chi connectivity index (χ0) is 22.4. The van der Waals surface area contributed by atoms with E-state index in [1.807, 2.05) is 20.8 Å². The van der Waals surface area contributed by atoms with E-state index in [4.69, 9.17) is 4.74 Å². The summed E-state index contributed by atoms with van der Waals surface area (Å²) in [7, 11) is 0. The van der Waals surface area contributed by atoms with Gasteiger partial charge in [-0.3, -0.25) is 4.79 Å². The van der Waals surface area contributed by atoms with E-state index in [9.17, 15) is 30.3 Å². The lowest BCUT2D eigenvalue weighted by molar-refractivity contribution is -0.316. The lowest BCUT2D eigenvalue weighted by Crippen LogP contribution is -2.74. The van der Waals surface area contributed by atoms with Crippen molar-refractivity contribution in [2.24, 2.45) is 22.7 Å². The van der Waals surface area contributed by atoms with Crippen molar-refractivity contribution in [2.75, 3.05) is 6.61 Å². The van der Waals surface area contributed by atoms with E-state index in [1.165, 1.54) is 0 Å². The minimum Gasteiger partial charge on any atom is -0.392 e. The number of carbonyl (C=O) groups excluding carboxylic acids is 1. The zero-order valence-electron chi connectivity index (χ0n) is 18.6. The maximum Gasteiger partial charge on any atom is 0.174 e. The van der Waals surface area contributed by atoms with Gasteiger partial charge in [-0.15, -0.1) is 0 Å². The minimum atomic E-state index is -1.59. The number of carbonyl (C=O) groups is 1. The van der Waals surface area contributed by atoms with Crippen LogP contribution in [0.4, 0.5) is 0 Å². The van der Waals surface area contributed by atoms with E-state index in [2.05, 4.69) is 0 Å². The van der Waals surface area contributed by atoms with E-state index >= 15 is 0 Å². The van der Waals surface area contributed by atoms with Crippen molar-refractivity contribution >= 4 is 5.78 Å². The van der Waals surface area contributed by atoms with Gasteiger partial charge in [0.2, 0.25) is 0 Å². The lowest BCUT2D eigenvalue weighted by Gasteiger charge is -2.62. The van der Waals surface area contributed by atoms with Crippen molar-refractivity contribution in [3.63, 3.8) is 0 Å². The van der Waals surface area contributed by atoms with Gasteiger partial charge in [0.1, 0.15) is 11.7 Å². The molecule has 2 bridgehead atoms. The van der Waals surface area contributed by atoms with E-state index < -0.39 is 58.1 Å². The summed E-state index contributed by atoms with van der Waals surface area (Å²) in [6.45, 7) is 9.01. The first-order valence-corrected chi connectivity index (χ1v) is 11.1. The molecule has 0 aromatic heterocycles. The van der Waals surface area contributed by atoms with Crippen LogP contribution in [0.2, 0.25) is 0 Å². The molecule has 5 N–H and O–H groups in total. The third-order valence-electron chi connectivity index (χ3n) is 9.20. The Bertz CT molecular complexity index is 790. The van der Waals surface area contributed by atoms with Crippen LogP contribution in [0.3, 0.4) is 0 Å². The maximum atomic E-state index is 13.8. The van der Waals surface area contributed by atoms with Gasteiger partial charge in [0.15, 0.2) is 5.78 Å². The van der Waals surface area contributed by atoms with Crippen molar-refractivity contribution in [2.45, 2.75) is 95.9 Å². The molecule has 0 aromatic rings. The second-order valence-electron chi connectivity index (χ2n) is 11.2. The number of hydrogen-bond donors (Lipinski definition) is 5. The Kier molecular flexibility index (Phi) is 4.91. The SMILES string of the molecule is CC1=C2C(O)C(=O)C3(C)C(O)CC4OCC4(O)C3CC(C)CC(O)(CC1O)C2(C)C. The molecule has 7 heteroatoms. The summed E-state index contributed by atoms with van der Waals surface area (Å²) in [4.78, 5) is 13.8. The molecule has 1 heterocycles. The molecule has 9 unspecified atom stereocenters. The van der Waals surface area contributed by atoms with Gasteiger partial charge in [0.25, 0.3) is 0 Å². The summed E-state index contributed by atoms with van der Waals surface area (Å²) in [6.07, 6.45) is -3.15. The fraction of sp³-hybridized carbons (Fsp3) is 0.870. The Hall–Kier alpha value is -0.830. The Balaban J connectivity index is 1.91. The van der Waals surface area contributed by atoms with Crippen molar-refractivity contribution < 1.29 is 35.1 Å². The monoisotopic (exact) mass is 424 g/mol. The molecule has 30 heavy (non-hydrogen) atoms. The van der Waals surface area contributed by atoms with Crippen LogP contribution in [0.25, 0.3) is 0 Å². The molecule has 0 spiro atoms. The van der Waals surface area contributed by atoms with Crippen molar-refractivity contribution in [1.29, 1.82) is 0 Å². The fourth-order valence-electron chi connectivity index (χ4n) is 6.99. The summed E-state index contributed by atoms with van der Waals surface area (Å²) in [5, 5.41) is 56.1. The van der Waals surface area contributed by atoms with Crippen LogP contribution >= 0.6 is 0 Å². The smallest absolute Gasteiger partial charge is 0.174 e. The van der Waals surface area contributed by atoms with Crippen molar-refractivity contribution in [3.05, 3.63) is 11.1 Å². The van der Waals surface area contributed by atoms with Gasteiger partial charge in [-0.2, -0.15) is 0 Å². The topological polar surface area (TPSA) is 127 Å². The van der Waals surface area contributed by atoms with Gasteiger partial charge in [0.05, 0.1) is 35.9 Å². The van der Waals surface area contributed by atoms with E-state index in [1.54, 1.807) is 13.8 Å². The molecule has 4 rings (SSSR count). The molecule has 1 saturated heterocycles. The fourth-order valence-corrected chi connectivity index (χ4v) is 6.99. The Morgan fingerprint density at radius 2 is 1.67 bits per heavy atom. The molecule has 0 aromatic carbocycles. The molecule has 1 aliphatic heterocycles. The first-order chi connectivity index (χ1) is 13.7. The Labute approximate surface area is 177 Å². The largest absolute Gasteiger partial charge is 0.392 e. The van der Waals surface area contributed by atoms with E-state index in [0.29, 0.717) is 24.0 Å². The van der Waals surface area contributed by atoms with Crippen LogP contribution in [-0.2, 0) is 9.53 Å². The maximum absolute atomic E-state index is 13.8. The average molecular weight is 425 g/mol. The van der Waals surface area contributed by atoms with Crippen LogP contribution in [-0.4, -0.2) is 73.5 Å². The second-order valence-corrected chi connectivity index (χ2v) is 11.2. The number of aliphatic hydroxyl groups is 5. The lowest BCUT2D eigenvalue weighted by atomic mass is 9.49. The highest BCUT2D eigenvalue weighted by molar-refractivity contribution is 5.92. The molecule has 9 atom stereocenters. The molecule has 0 amide bonds.